The van der Waals surface area contributed by atoms with Gasteiger partial charge < -0.3 is 19.9 Å². The third-order valence-corrected chi connectivity index (χ3v) is 5.48. The van der Waals surface area contributed by atoms with E-state index in [2.05, 4.69) is 15.5 Å². The molecule has 0 spiro atoms. The molecule has 32 heavy (non-hydrogen) atoms. The summed E-state index contributed by atoms with van der Waals surface area (Å²) in [5, 5.41) is 6.53. The number of anilines is 2. The Hall–Kier alpha value is -2.84. The van der Waals surface area contributed by atoms with Crippen LogP contribution in [0.4, 0.5) is 11.4 Å². The fourth-order valence-electron chi connectivity index (χ4n) is 3.49. The summed E-state index contributed by atoms with van der Waals surface area (Å²) in [5.74, 6) is 0.345. The first-order valence-corrected chi connectivity index (χ1v) is 11.2. The lowest BCUT2D eigenvalue weighted by molar-refractivity contribution is -0.129. The minimum absolute atomic E-state index is 0.00891. The van der Waals surface area contributed by atoms with Gasteiger partial charge in [-0.05, 0) is 56.4 Å². The normalized spacial score (nSPS) is 13.7. The van der Waals surface area contributed by atoms with Gasteiger partial charge in [0.15, 0.2) is 5.11 Å². The maximum absolute atomic E-state index is 12.7. The van der Waals surface area contributed by atoms with Gasteiger partial charge in [-0.1, -0.05) is 23.7 Å². The smallest absolute Gasteiger partial charge is 0.257 e. The van der Waals surface area contributed by atoms with Crippen molar-refractivity contribution in [2.75, 3.05) is 36.4 Å². The fourth-order valence-corrected chi connectivity index (χ4v) is 3.99. The highest BCUT2D eigenvalue weighted by molar-refractivity contribution is 7.80. The summed E-state index contributed by atoms with van der Waals surface area (Å²) in [6.45, 7) is 7.97. The van der Waals surface area contributed by atoms with Crippen LogP contribution in [0.5, 0.6) is 5.75 Å². The second-order valence-corrected chi connectivity index (χ2v) is 8.55. The van der Waals surface area contributed by atoms with Gasteiger partial charge in [0.25, 0.3) is 5.91 Å². The molecule has 2 amide bonds. The molecule has 0 atom stereocenters. The molecule has 0 aromatic heterocycles. The lowest BCUT2D eigenvalue weighted by atomic mass is 10.2. The van der Waals surface area contributed by atoms with Gasteiger partial charge in [0.2, 0.25) is 5.91 Å². The van der Waals surface area contributed by atoms with Crippen molar-refractivity contribution in [1.29, 1.82) is 0 Å². The summed E-state index contributed by atoms with van der Waals surface area (Å²) in [6.07, 6.45) is 0.00891. The summed E-state index contributed by atoms with van der Waals surface area (Å²) in [7, 11) is 0. The van der Waals surface area contributed by atoms with E-state index in [1.807, 2.05) is 30.9 Å². The number of ether oxygens (including phenoxy) is 1. The van der Waals surface area contributed by atoms with Gasteiger partial charge >= 0.3 is 0 Å². The molecule has 3 rings (SSSR count). The summed E-state index contributed by atoms with van der Waals surface area (Å²) in [4.78, 5) is 28.2. The van der Waals surface area contributed by atoms with E-state index in [1.54, 1.807) is 37.3 Å². The molecular weight excluding hydrogens is 448 g/mol. The first-order valence-electron chi connectivity index (χ1n) is 10.4. The van der Waals surface area contributed by atoms with Crippen LogP contribution in [0.25, 0.3) is 0 Å². The number of nitrogens with one attached hydrogen (secondary N) is 2. The Morgan fingerprint density at radius 1 is 1.09 bits per heavy atom. The first kappa shape index (κ1) is 23.8. The molecule has 1 aliphatic heterocycles. The third kappa shape index (κ3) is 6.11. The first-order chi connectivity index (χ1) is 15.2. The van der Waals surface area contributed by atoms with E-state index >= 15 is 0 Å². The average Bonchev–Trinajstić information content (AvgIpc) is 2.73. The molecule has 7 nitrogen and oxygen atoms in total. The van der Waals surface area contributed by atoms with Crippen LogP contribution in [0.2, 0.25) is 5.02 Å². The van der Waals surface area contributed by atoms with Crippen LogP contribution < -0.4 is 20.3 Å². The molecule has 2 aromatic rings. The van der Waals surface area contributed by atoms with Crippen LogP contribution in [0, 0.1) is 0 Å². The molecule has 1 fully saturated rings. The second kappa shape index (κ2) is 10.7. The Morgan fingerprint density at radius 3 is 2.44 bits per heavy atom. The maximum Gasteiger partial charge on any atom is 0.257 e. The molecule has 1 saturated heterocycles. The molecule has 0 unspecified atom stereocenters. The van der Waals surface area contributed by atoms with E-state index in [4.69, 9.17) is 28.6 Å². The van der Waals surface area contributed by atoms with Crippen molar-refractivity contribution in [2.24, 2.45) is 0 Å². The number of piperazine rings is 1. The summed E-state index contributed by atoms with van der Waals surface area (Å²) in [5.41, 5.74) is 1.93. The van der Waals surface area contributed by atoms with E-state index in [0.29, 0.717) is 48.2 Å². The molecule has 9 heteroatoms. The van der Waals surface area contributed by atoms with Gasteiger partial charge in [0.05, 0.1) is 22.5 Å². The monoisotopic (exact) mass is 474 g/mol. The van der Waals surface area contributed by atoms with E-state index in [9.17, 15) is 9.59 Å². The van der Waals surface area contributed by atoms with Crippen molar-refractivity contribution in [3.05, 3.63) is 53.1 Å². The minimum Gasteiger partial charge on any atom is -0.491 e. The van der Waals surface area contributed by atoms with Gasteiger partial charge in [-0.15, -0.1) is 0 Å². The topological polar surface area (TPSA) is 73.9 Å². The van der Waals surface area contributed by atoms with Gasteiger partial charge in [-0.3, -0.25) is 14.9 Å². The minimum atomic E-state index is -0.338. The number of halogens is 1. The zero-order valence-corrected chi connectivity index (χ0v) is 19.9. The zero-order chi connectivity index (χ0) is 23.3. The second-order valence-electron chi connectivity index (χ2n) is 7.73. The van der Waals surface area contributed by atoms with Crippen LogP contribution in [-0.4, -0.2) is 54.1 Å². The maximum atomic E-state index is 12.7. The van der Waals surface area contributed by atoms with Gasteiger partial charge in [-0.2, -0.15) is 0 Å². The highest BCUT2D eigenvalue weighted by Gasteiger charge is 2.23. The standard InChI is InChI=1S/C23H27ClN4O3S/c1-15(2)31-18-7-4-6-17(14-18)22(30)26-23(32)25-20-9-5-8-19(24)21(20)28-12-10-27(11-13-28)16(3)29/h4-9,14-15H,10-13H2,1-3H3,(H2,25,26,30,32). The van der Waals surface area contributed by atoms with Crippen LogP contribution in [-0.2, 0) is 4.79 Å². The summed E-state index contributed by atoms with van der Waals surface area (Å²) < 4.78 is 5.65. The zero-order valence-electron chi connectivity index (χ0n) is 18.4. The number of thiocarbonyl (C=S) groups is 1. The number of carbonyl (C=O) groups is 2. The number of hydrogen-bond acceptors (Lipinski definition) is 5. The van der Waals surface area contributed by atoms with E-state index in [1.165, 1.54) is 0 Å². The van der Waals surface area contributed by atoms with Crippen LogP contribution in [0.1, 0.15) is 31.1 Å². The molecule has 0 bridgehead atoms. The Labute approximate surface area is 198 Å². The Kier molecular flexibility index (Phi) is 7.93. The van der Waals surface area contributed by atoms with Gasteiger partial charge in [0, 0.05) is 38.7 Å². The number of rotatable bonds is 5. The number of hydrogen-bond donors (Lipinski definition) is 2. The van der Waals surface area contributed by atoms with Crippen LogP contribution in [0.15, 0.2) is 42.5 Å². The average molecular weight is 475 g/mol. The van der Waals surface area contributed by atoms with Crippen LogP contribution >= 0.6 is 23.8 Å². The Morgan fingerprint density at radius 2 is 1.78 bits per heavy atom. The van der Waals surface area contributed by atoms with Crippen molar-refractivity contribution in [2.45, 2.75) is 26.9 Å². The third-order valence-electron chi connectivity index (χ3n) is 4.97. The highest BCUT2D eigenvalue weighted by atomic mass is 35.5. The summed E-state index contributed by atoms with van der Waals surface area (Å²) in [6, 6.07) is 12.4. The molecular formula is C23H27ClN4O3S. The molecule has 170 valence electrons. The molecule has 0 radical (unpaired) electrons. The number of para-hydroxylation sites is 1. The van der Waals surface area contributed by atoms with Crippen molar-refractivity contribution >= 4 is 52.1 Å². The molecule has 0 saturated carbocycles. The van der Waals surface area contributed by atoms with Crippen LogP contribution in [0.3, 0.4) is 0 Å². The lowest BCUT2D eigenvalue weighted by Crippen LogP contribution is -2.48. The van der Waals surface area contributed by atoms with E-state index in [-0.39, 0.29) is 23.0 Å². The van der Waals surface area contributed by atoms with E-state index in [0.717, 1.165) is 5.69 Å². The highest BCUT2D eigenvalue weighted by Crippen LogP contribution is 2.34. The lowest BCUT2D eigenvalue weighted by Gasteiger charge is -2.37. The Bertz CT molecular complexity index is 1010. The number of amides is 2. The number of nitrogens with zero attached hydrogens (tertiary/aromatic N) is 2. The SMILES string of the molecule is CC(=O)N1CCN(c2c(Cl)cccc2NC(=S)NC(=O)c2cccc(OC(C)C)c2)CC1. The van der Waals surface area contributed by atoms with Crippen molar-refractivity contribution in [3.8, 4) is 5.75 Å². The summed E-state index contributed by atoms with van der Waals surface area (Å²) >= 11 is 11.9. The molecule has 2 aromatic carbocycles. The Balaban J connectivity index is 1.69. The largest absolute Gasteiger partial charge is 0.491 e. The predicted octanol–water partition coefficient (Wildman–Crippen LogP) is 3.92. The van der Waals surface area contributed by atoms with Crippen molar-refractivity contribution in [3.63, 3.8) is 0 Å². The fraction of sp³-hybridized carbons (Fsp3) is 0.348. The number of carbonyl (C=O) groups excluding carboxylic acids is 2. The molecule has 1 aliphatic rings. The van der Waals surface area contributed by atoms with Gasteiger partial charge in [0.1, 0.15) is 5.75 Å². The van der Waals surface area contributed by atoms with Crippen molar-refractivity contribution < 1.29 is 14.3 Å². The van der Waals surface area contributed by atoms with E-state index < -0.39 is 0 Å². The molecule has 1 heterocycles. The van der Waals surface area contributed by atoms with Gasteiger partial charge in [-0.25, -0.2) is 0 Å². The quantitative estimate of drug-likeness (QED) is 0.640. The molecule has 0 aliphatic carbocycles. The van der Waals surface area contributed by atoms with Crippen molar-refractivity contribution in [1.82, 2.24) is 10.2 Å². The molecule has 2 N–H and O–H groups in total. The number of benzene rings is 2. The predicted molar refractivity (Wildman–Crippen MR) is 132 cm³/mol.